The maximum Gasteiger partial charge on any atom is 0.257 e. The maximum atomic E-state index is 13.8. The number of allylic oxidation sites excluding steroid dienone is 2. The van der Waals surface area contributed by atoms with Gasteiger partial charge in [0, 0.05) is 15.6 Å². The van der Waals surface area contributed by atoms with Crippen LogP contribution in [0.5, 0.6) is 0 Å². The second kappa shape index (κ2) is 16.4. The van der Waals surface area contributed by atoms with E-state index in [0.29, 0.717) is 22.6 Å². The Morgan fingerprint density at radius 3 is 2.38 bits per heavy atom. The Morgan fingerprint density at radius 2 is 1.74 bits per heavy atom. The molecule has 1 amide bonds. The van der Waals surface area contributed by atoms with Gasteiger partial charge in [0.05, 0.1) is 12.7 Å². The molecule has 0 heterocycles. The molecule has 224 valence electrons. The minimum atomic E-state index is -0.442. The van der Waals surface area contributed by atoms with Gasteiger partial charge in [-0.1, -0.05) is 72.5 Å². The lowest BCUT2D eigenvalue weighted by atomic mass is 9.90. The number of aliphatic imine (C=N–C) groups is 1. The van der Waals surface area contributed by atoms with Gasteiger partial charge in [-0.05, 0) is 99.8 Å². The van der Waals surface area contributed by atoms with E-state index >= 15 is 0 Å². The normalized spacial score (nSPS) is 13.6. The highest BCUT2D eigenvalue weighted by atomic mass is 35.5. The first-order valence-corrected chi connectivity index (χ1v) is 14.7. The summed E-state index contributed by atoms with van der Waals surface area (Å²) < 4.78 is 27.4. The number of benzene rings is 3. The van der Waals surface area contributed by atoms with Crippen molar-refractivity contribution < 1.29 is 13.6 Å². The molecule has 0 aromatic heterocycles. The number of guanidine groups is 1. The van der Waals surface area contributed by atoms with Crippen LogP contribution < -0.4 is 10.6 Å². The smallest absolute Gasteiger partial charge is 0.257 e. The monoisotopic (exact) mass is 614 g/mol. The number of amides is 1. The van der Waals surface area contributed by atoms with Gasteiger partial charge in [-0.25, -0.2) is 13.8 Å². The lowest BCUT2D eigenvalue weighted by molar-refractivity contribution is 0.0974. The highest BCUT2D eigenvalue weighted by Crippen LogP contribution is 2.28. The van der Waals surface area contributed by atoms with Gasteiger partial charge in [-0.2, -0.15) is 0 Å². The summed E-state index contributed by atoms with van der Waals surface area (Å²) in [5.41, 5.74) is 3.31. The van der Waals surface area contributed by atoms with Crippen molar-refractivity contribution in [3.8, 4) is 0 Å². The lowest BCUT2D eigenvalue weighted by Gasteiger charge is -2.31. The van der Waals surface area contributed by atoms with E-state index in [9.17, 15) is 13.6 Å². The van der Waals surface area contributed by atoms with Crippen LogP contribution in [-0.2, 0) is 6.54 Å². The van der Waals surface area contributed by atoms with Gasteiger partial charge in [0.1, 0.15) is 11.6 Å². The van der Waals surface area contributed by atoms with Crippen LogP contribution in [0.1, 0.15) is 66.9 Å². The number of hydrogen-bond acceptors (Lipinski definition) is 3. The summed E-state index contributed by atoms with van der Waals surface area (Å²) in [6, 6.07) is 17.3. The quantitative estimate of drug-likeness (QED) is 0.0932. The Bertz CT molecular complexity index is 1390. The molecular weight excluding hydrogens is 577 g/mol. The molecule has 9 heteroatoms. The van der Waals surface area contributed by atoms with E-state index < -0.39 is 5.82 Å². The Hall–Kier alpha value is -3.26. The number of hydrogen-bond donors (Lipinski definition) is 2. The van der Waals surface area contributed by atoms with Crippen LogP contribution in [0, 0.1) is 11.6 Å². The molecule has 0 saturated heterocycles. The molecule has 3 aromatic carbocycles. The number of rotatable bonds is 12. The van der Waals surface area contributed by atoms with Gasteiger partial charge in [0.15, 0.2) is 5.96 Å². The molecule has 2 atom stereocenters. The zero-order valence-corrected chi connectivity index (χ0v) is 25.9. The third-order valence-corrected chi connectivity index (χ3v) is 7.50. The van der Waals surface area contributed by atoms with Crippen LogP contribution in [0.3, 0.4) is 0 Å². The zero-order chi connectivity index (χ0) is 30.6. The van der Waals surface area contributed by atoms with Crippen LogP contribution >= 0.6 is 23.2 Å². The number of halogens is 4. The van der Waals surface area contributed by atoms with Crippen LogP contribution in [0.15, 0.2) is 83.4 Å². The molecule has 2 N–H and O–H groups in total. The predicted octanol–water partition coefficient (Wildman–Crippen LogP) is 8.35. The van der Waals surface area contributed by atoms with E-state index in [1.807, 2.05) is 31.1 Å². The van der Waals surface area contributed by atoms with Gasteiger partial charge in [-0.15, -0.1) is 0 Å². The molecule has 2 unspecified atom stereocenters. The summed E-state index contributed by atoms with van der Waals surface area (Å²) in [6.45, 7) is 4.39. The van der Waals surface area contributed by atoms with E-state index in [0.717, 1.165) is 24.8 Å². The molecule has 0 saturated carbocycles. The largest absolute Gasteiger partial charge is 0.340 e. The fourth-order valence-electron chi connectivity index (χ4n) is 4.51. The summed E-state index contributed by atoms with van der Waals surface area (Å²) in [4.78, 5) is 19.8. The molecule has 5 nitrogen and oxygen atoms in total. The van der Waals surface area contributed by atoms with Crippen molar-refractivity contribution >= 4 is 35.1 Å². The second-order valence-electron chi connectivity index (χ2n) is 10.5. The molecular formula is C33H38Cl2F2N4O. The fraction of sp³-hybridized carbons (Fsp3) is 0.333. The Labute approximate surface area is 257 Å². The standard InChI is InChI=1S/C33H38Cl2F2N4O/c1-5-7-22(2)10-11-24(23-12-15-28(36)16-13-23)19-31(41(3)4)39-33(38-21-26-14-17-29(37)20-30(26)35)40-32(42)25-8-6-9-27(34)18-25/h6,8-10,12-18,20,24,31H,5,7,11,19,21H2,1-4H3,(H2,38,39,40,42). The summed E-state index contributed by atoms with van der Waals surface area (Å²) in [7, 11) is 3.87. The minimum Gasteiger partial charge on any atom is -0.340 e. The Balaban J connectivity index is 1.91. The summed E-state index contributed by atoms with van der Waals surface area (Å²) in [5.74, 6) is -0.818. The van der Waals surface area contributed by atoms with Gasteiger partial charge in [-0.3, -0.25) is 15.0 Å². The first-order valence-electron chi connectivity index (χ1n) is 13.9. The topological polar surface area (TPSA) is 56.7 Å². The van der Waals surface area contributed by atoms with Crippen LogP contribution in [0.4, 0.5) is 8.78 Å². The molecule has 3 aromatic rings. The molecule has 0 radical (unpaired) electrons. The van der Waals surface area contributed by atoms with E-state index in [1.54, 1.807) is 30.3 Å². The Morgan fingerprint density at radius 1 is 1.02 bits per heavy atom. The van der Waals surface area contributed by atoms with Crippen LogP contribution in [0.25, 0.3) is 0 Å². The highest BCUT2D eigenvalue weighted by molar-refractivity contribution is 6.31. The highest BCUT2D eigenvalue weighted by Gasteiger charge is 2.22. The van der Waals surface area contributed by atoms with Crippen LogP contribution in [0.2, 0.25) is 10.0 Å². The summed E-state index contributed by atoms with van der Waals surface area (Å²) in [6.07, 6.45) is 5.48. The summed E-state index contributed by atoms with van der Waals surface area (Å²) >= 11 is 12.4. The number of nitrogens with zero attached hydrogens (tertiary/aromatic N) is 2. The van der Waals surface area contributed by atoms with E-state index in [4.69, 9.17) is 23.2 Å². The van der Waals surface area contributed by atoms with Gasteiger partial charge in [0.2, 0.25) is 0 Å². The first-order chi connectivity index (χ1) is 20.0. The number of nitrogens with one attached hydrogen (secondary N) is 2. The zero-order valence-electron chi connectivity index (χ0n) is 24.4. The molecule has 0 spiro atoms. The molecule has 0 bridgehead atoms. The van der Waals surface area contributed by atoms with Gasteiger partial charge >= 0.3 is 0 Å². The predicted molar refractivity (Wildman–Crippen MR) is 169 cm³/mol. The van der Waals surface area contributed by atoms with E-state index in [-0.39, 0.29) is 41.3 Å². The third kappa shape index (κ3) is 10.5. The molecule has 42 heavy (non-hydrogen) atoms. The van der Waals surface area contributed by atoms with Crippen molar-refractivity contribution in [1.29, 1.82) is 0 Å². The molecule has 3 rings (SSSR count). The van der Waals surface area contributed by atoms with Crippen molar-refractivity contribution in [1.82, 2.24) is 15.5 Å². The van der Waals surface area contributed by atoms with Crippen molar-refractivity contribution in [2.75, 3.05) is 14.1 Å². The molecule has 0 aliphatic heterocycles. The average Bonchev–Trinajstić information content (AvgIpc) is 2.94. The lowest BCUT2D eigenvalue weighted by Crippen LogP contribution is -2.51. The maximum absolute atomic E-state index is 13.8. The second-order valence-corrected chi connectivity index (χ2v) is 11.4. The molecule has 0 aliphatic carbocycles. The minimum absolute atomic E-state index is 0.0636. The number of carbonyl (C=O) groups excluding carboxylic acids is 1. The van der Waals surface area contributed by atoms with Crippen LogP contribution in [-0.4, -0.2) is 37.0 Å². The molecule has 0 aliphatic rings. The van der Waals surface area contributed by atoms with Gasteiger partial charge in [0.25, 0.3) is 5.91 Å². The third-order valence-electron chi connectivity index (χ3n) is 6.91. The average molecular weight is 616 g/mol. The molecule has 0 fully saturated rings. The van der Waals surface area contributed by atoms with E-state index in [2.05, 4.69) is 35.5 Å². The fourth-order valence-corrected chi connectivity index (χ4v) is 4.93. The van der Waals surface area contributed by atoms with E-state index in [1.165, 1.54) is 29.8 Å². The summed E-state index contributed by atoms with van der Waals surface area (Å²) in [5, 5.41) is 6.95. The van der Waals surface area contributed by atoms with Crippen molar-refractivity contribution in [2.45, 2.75) is 58.2 Å². The SMILES string of the molecule is CCCC(C)=CCC(CC(NC(=NCc1ccc(F)cc1Cl)NC(=O)c1cccc(Cl)c1)N(C)C)c1ccc(F)cc1. The van der Waals surface area contributed by atoms with Crippen molar-refractivity contribution in [2.24, 2.45) is 4.99 Å². The first kappa shape index (κ1) is 33.2. The van der Waals surface area contributed by atoms with Crippen molar-refractivity contribution in [3.05, 3.63) is 117 Å². The number of carbonyl (C=O) groups is 1. The van der Waals surface area contributed by atoms with Gasteiger partial charge < -0.3 is 5.32 Å². The van der Waals surface area contributed by atoms with Crippen molar-refractivity contribution in [3.63, 3.8) is 0 Å². The Kier molecular flexibility index (Phi) is 13.0.